The zero-order valence-corrected chi connectivity index (χ0v) is 9.58. The summed E-state index contributed by atoms with van der Waals surface area (Å²) in [7, 11) is 0. The number of unbranched alkanes of at least 4 members (excludes halogenated alkanes) is 2. The van der Waals surface area contributed by atoms with Crippen molar-refractivity contribution in [2.24, 2.45) is 5.92 Å². The molecule has 0 N–H and O–H groups in total. The van der Waals surface area contributed by atoms with Crippen molar-refractivity contribution in [1.82, 2.24) is 0 Å². The quantitative estimate of drug-likeness (QED) is 0.356. The number of esters is 1. The van der Waals surface area contributed by atoms with Gasteiger partial charge in [0.15, 0.2) is 0 Å². The normalized spacial score (nSPS) is 13.1. The van der Waals surface area contributed by atoms with Crippen LogP contribution in [-0.4, -0.2) is 12.6 Å². The number of rotatable bonds is 7. The van der Waals surface area contributed by atoms with E-state index in [2.05, 4.69) is 19.1 Å². The Labute approximate surface area is 87.3 Å². The second-order valence-corrected chi connectivity index (χ2v) is 3.50. The molecular weight excluding hydrogens is 176 g/mol. The summed E-state index contributed by atoms with van der Waals surface area (Å²) in [5.41, 5.74) is 0. The van der Waals surface area contributed by atoms with E-state index in [0.29, 0.717) is 6.61 Å². The Morgan fingerprint density at radius 2 is 2.07 bits per heavy atom. The summed E-state index contributed by atoms with van der Waals surface area (Å²) in [5.74, 6) is -0.0968. The third-order valence-corrected chi connectivity index (χ3v) is 2.07. The van der Waals surface area contributed by atoms with Crippen LogP contribution in [-0.2, 0) is 9.53 Å². The van der Waals surface area contributed by atoms with Crippen LogP contribution < -0.4 is 0 Å². The highest BCUT2D eigenvalue weighted by atomic mass is 16.5. The Hall–Kier alpha value is -0.790. The van der Waals surface area contributed by atoms with Crippen molar-refractivity contribution in [3.05, 3.63) is 12.2 Å². The van der Waals surface area contributed by atoms with Crippen LogP contribution in [0.4, 0.5) is 0 Å². The molecule has 2 heteroatoms. The van der Waals surface area contributed by atoms with Crippen LogP contribution in [0.1, 0.15) is 46.5 Å². The van der Waals surface area contributed by atoms with Gasteiger partial charge in [0.2, 0.25) is 0 Å². The van der Waals surface area contributed by atoms with E-state index in [4.69, 9.17) is 4.74 Å². The predicted octanol–water partition coefficient (Wildman–Crippen LogP) is 3.32. The van der Waals surface area contributed by atoms with Gasteiger partial charge < -0.3 is 4.74 Å². The zero-order valence-electron chi connectivity index (χ0n) is 9.58. The molecular formula is C12H22O2. The highest BCUT2D eigenvalue weighted by Crippen LogP contribution is 2.06. The topological polar surface area (TPSA) is 26.3 Å². The first-order valence-corrected chi connectivity index (χ1v) is 5.54. The molecule has 0 aliphatic heterocycles. The van der Waals surface area contributed by atoms with E-state index in [1.165, 1.54) is 12.8 Å². The zero-order chi connectivity index (χ0) is 10.8. The van der Waals surface area contributed by atoms with E-state index in [1.807, 2.05) is 13.8 Å². The molecule has 0 spiro atoms. The fourth-order valence-electron chi connectivity index (χ4n) is 1.12. The molecule has 0 aromatic carbocycles. The van der Waals surface area contributed by atoms with Gasteiger partial charge >= 0.3 is 5.97 Å². The molecule has 2 nitrogen and oxygen atoms in total. The summed E-state index contributed by atoms with van der Waals surface area (Å²) in [4.78, 5) is 11.2. The number of ether oxygens (including phenoxy) is 1. The van der Waals surface area contributed by atoms with Crippen molar-refractivity contribution in [2.75, 3.05) is 6.61 Å². The molecule has 14 heavy (non-hydrogen) atoms. The van der Waals surface area contributed by atoms with Crippen LogP contribution in [0.3, 0.4) is 0 Å². The van der Waals surface area contributed by atoms with Crippen molar-refractivity contribution >= 4 is 5.97 Å². The molecule has 0 aliphatic carbocycles. The number of hydrogen-bond donors (Lipinski definition) is 0. The molecule has 0 rings (SSSR count). The summed E-state index contributed by atoms with van der Waals surface area (Å²) < 4.78 is 4.91. The smallest absolute Gasteiger partial charge is 0.308 e. The number of hydrogen-bond acceptors (Lipinski definition) is 2. The van der Waals surface area contributed by atoms with Crippen molar-refractivity contribution < 1.29 is 9.53 Å². The van der Waals surface area contributed by atoms with E-state index >= 15 is 0 Å². The first-order chi connectivity index (χ1) is 6.72. The lowest BCUT2D eigenvalue weighted by Gasteiger charge is -2.06. The standard InChI is InChI=1S/C12H22O2/c1-4-6-7-8-9-10-11(3)12(13)14-5-2/h8-9,11H,4-7,10H2,1-3H3. The molecule has 0 heterocycles. The molecule has 0 fully saturated rings. The van der Waals surface area contributed by atoms with Crippen LogP contribution in [0.15, 0.2) is 12.2 Å². The highest BCUT2D eigenvalue weighted by Gasteiger charge is 2.10. The Kier molecular flexibility index (Phi) is 8.30. The van der Waals surface area contributed by atoms with Crippen molar-refractivity contribution in [3.63, 3.8) is 0 Å². The highest BCUT2D eigenvalue weighted by molar-refractivity contribution is 5.72. The minimum Gasteiger partial charge on any atom is -0.466 e. The molecule has 0 saturated heterocycles. The van der Waals surface area contributed by atoms with Crippen molar-refractivity contribution in [2.45, 2.75) is 46.5 Å². The summed E-state index contributed by atoms with van der Waals surface area (Å²) >= 11 is 0. The van der Waals surface area contributed by atoms with Crippen molar-refractivity contribution in [1.29, 1.82) is 0 Å². The molecule has 1 atom stereocenters. The van der Waals surface area contributed by atoms with Crippen LogP contribution >= 0.6 is 0 Å². The maximum absolute atomic E-state index is 11.2. The van der Waals surface area contributed by atoms with E-state index in [-0.39, 0.29) is 11.9 Å². The molecule has 0 saturated carbocycles. The largest absolute Gasteiger partial charge is 0.466 e. The molecule has 0 aliphatic rings. The van der Waals surface area contributed by atoms with Crippen LogP contribution in [0.5, 0.6) is 0 Å². The first kappa shape index (κ1) is 13.2. The van der Waals surface area contributed by atoms with Crippen molar-refractivity contribution in [3.8, 4) is 0 Å². The molecule has 0 bridgehead atoms. The average molecular weight is 198 g/mol. The average Bonchev–Trinajstić information content (AvgIpc) is 2.17. The van der Waals surface area contributed by atoms with E-state index in [1.54, 1.807) is 0 Å². The first-order valence-electron chi connectivity index (χ1n) is 5.54. The Balaban J connectivity index is 3.56. The maximum atomic E-state index is 11.2. The van der Waals surface area contributed by atoms with Gasteiger partial charge in [0.25, 0.3) is 0 Å². The van der Waals surface area contributed by atoms with Gasteiger partial charge in [0.1, 0.15) is 0 Å². The molecule has 1 unspecified atom stereocenters. The molecule has 0 aromatic rings. The Morgan fingerprint density at radius 1 is 1.36 bits per heavy atom. The maximum Gasteiger partial charge on any atom is 0.308 e. The van der Waals surface area contributed by atoms with Gasteiger partial charge in [0.05, 0.1) is 12.5 Å². The lowest BCUT2D eigenvalue weighted by Crippen LogP contribution is -2.13. The second kappa shape index (κ2) is 8.79. The van der Waals surface area contributed by atoms with E-state index < -0.39 is 0 Å². The molecule has 82 valence electrons. The fraction of sp³-hybridized carbons (Fsp3) is 0.750. The minimum absolute atomic E-state index is 0.00664. The number of carbonyl (C=O) groups excluding carboxylic acids is 1. The summed E-state index contributed by atoms with van der Waals surface area (Å²) in [5, 5.41) is 0. The van der Waals surface area contributed by atoms with Gasteiger partial charge in [-0.15, -0.1) is 0 Å². The lowest BCUT2D eigenvalue weighted by molar-refractivity contribution is -0.147. The van der Waals surface area contributed by atoms with Crippen LogP contribution in [0, 0.1) is 5.92 Å². The molecule has 0 amide bonds. The van der Waals surface area contributed by atoms with Gasteiger partial charge in [-0.1, -0.05) is 38.8 Å². The molecule has 0 radical (unpaired) electrons. The van der Waals surface area contributed by atoms with E-state index in [9.17, 15) is 4.79 Å². The predicted molar refractivity (Wildman–Crippen MR) is 59.1 cm³/mol. The van der Waals surface area contributed by atoms with Crippen LogP contribution in [0.25, 0.3) is 0 Å². The van der Waals surface area contributed by atoms with Gasteiger partial charge in [-0.05, 0) is 19.8 Å². The van der Waals surface area contributed by atoms with Gasteiger partial charge in [0, 0.05) is 0 Å². The SMILES string of the molecule is CCCCC=CCC(C)C(=O)OCC. The van der Waals surface area contributed by atoms with Crippen LogP contribution in [0.2, 0.25) is 0 Å². The Morgan fingerprint density at radius 3 is 2.64 bits per heavy atom. The van der Waals surface area contributed by atoms with Gasteiger partial charge in [-0.25, -0.2) is 0 Å². The van der Waals surface area contributed by atoms with E-state index in [0.717, 1.165) is 12.8 Å². The third-order valence-electron chi connectivity index (χ3n) is 2.07. The van der Waals surface area contributed by atoms with Gasteiger partial charge in [-0.2, -0.15) is 0 Å². The summed E-state index contributed by atoms with van der Waals surface area (Å²) in [6.07, 6.45) is 8.59. The summed E-state index contributed by atoms with van der Waals surface area (Å²) in [6, 6.07) is 0. The monoisotopic (exact) mass is 198 g/mol. The third kappa shape index (κ3) is 6.70. The molecule has 0 aromatic heterocycles. The lowest BCUT2D eigenvalue weighted by atomic mass is 10.1. The fourth-order valence-corrected chi connectivity index (χ4v) is 1.12. The number of allylic oxidation sites excluding steroid dienone is 2. The second-order valence-electron chi connectivity index (χ2n) is 3.50. The minimum atomic E-state index is -0.0901. The van der Waals surface area contributed by atoms with Gasteiger partial charge in [-0.3, -0.25) is 4.79 Å². The Bertz CT molecular complexity index is 173. The summed E-state index contributed by atoms with van der Waals surface area (Å²) in [6.45, 7) is 6.39. The number of carbonyl (C=O) groups is 1.